The van der Waals surface area contributed by atoms with E-state index >= 15 is 0 Å². The van der Waals surface area contributed by atoms with Crippen molar-refractivity contribution in [2.45, 2.75) is 57.9 Å². The molecule has 1 N–H and O–H groups in total. The normalized spacial score (nSPS) is 17.9. The van der Waals surface area contributed by atoms with Crippen LogP contribution in [0.5, 0.6) is 0 Å². The molecular weight excluding hydrogens is 274 g/mol. The minimum Gasteiger partial charge on any atom is -0.367 e. The van der Waals surface area contributed by atoms with Crippen LogP contribution >= 0.6 is 11.6 Å². The summed E-state index contributed by atoms with van der Waals surface area (Å²) in [5.74, 6) is 1.48. The maximum Gasteiger partial charge on any atom is 0.255 e. The summed E-state index contributed by atoms with van der Waals surface area (Å²) in [7, 11) is 0. The fourth-order valence-corrected chi connectivity index (χ4v) is 3.03. The number of fused-ring (bicyclic) bond motifs is 1. The Hall–Kier alpha value is -1.36. The zero-order valence-corrected chi connectivity index (χ0v) is 12.5. The molecule has 2 heterocycles. The summed E-state index contributed by atoms with van der Waals surface area (Å²) in [6.07, 6.45) is 10.6. The average Bonchev–Trinajstić information content (AvgIpc) is 2.84. The van der Waals surface area contributed by atoms with Crippen LogP contribution < -0.4 is 5.32 Å². The Morgan fingerprint density at radius 3 is 2.65 bits per heavy atom. The Morgan fingerprint density at radius 1 is 1.20 bits per heavy atom. The van der Waals surface area contributed by atoms with Crippen LogP contribution in [0.2, 0.25) is 5.15 Å². The molecule has 108 valence electrons. The largest absolute Gasteiger partial charge is 0.367 e. The molecule has 0 atom stereocenters. The van der Waals surface area contributed by atoms with Gasteiger partial charge in [0.05, 0.1) is 0 Å². The summed E-state index contributed by atoms with van der Waals surface area (Å²) >= 11 is 6.19. The summed E-state index contributed by atoms with van der Waals surface area (Å²) in [6.45, 7) is 1.97. The Morgan fingerprint density at radius 2 is 1.90 bits per heavy atom. The molecule has 2 aromatic rings. The Labute approximate surface area is 123 Å². The van der Waals surface area contributed by atoms with E-state index in [1.54, 1.807) is 4.52 Å². The average molecular weight is 294 g/mol. The first kappa shape index (κ1) is 13.6. The third-order valence-electron chi connectivity index (χ3n) is 4.05. The Bertz CT molecular complexity index is 587. The minimum absolute atomic E-state index is 0.486. The first-order valence-electron chi connectivity index (χ1n) is 7.38. The number of anilines is 1. The van der Waals surface area contributed by atoms with Gasteiger partial charge in [0.25, 0.3) is 5.78 Å². The molecule has 1 aliphatic carbocycles. The van der Waals surface area contributed by atoms with Gasteiger partial charge in [-0.3, -0.25) is 0 Å². The van der Waals surface area contributed by atoms with Crippen LogP contribution in [0, 0.1) is 6.92 Å². The van der Waals surface area contributed by atoms with Crippen molar-refractivity contribution in [3.8, 4) is 0 Å². The highest BCUT2D eigenvalue weighted by Crippen LogP contribution is 2.26. The van der Waals surface area contributed by atoms with Gasteiger partial charge in [-0.25, -0.2) is 0 Å². The molecule has 0 aromatic carbocycles. The zero-order valence-electron chi connectivity index (χ0n) is 11.8. The molecule has 6 heteroatoms. The summed E-state index contributed by atoms with van der Waals surface area (Å²) < 4.78 is 1.75. The van der Waals surface area contributed by atoms with Gasteiger partial charge in [-0.2, -0.15) is 19.6 Å². The molecule has 20 heavy (non-hydrogen) atoms. The summed E-state index contributed by atoms with van der Waals surface area (Å²) in [5.41, 5.74) is 0.937. The van der Waals surface area contributed by atoms with Crippen LogP contribution in [-0.4, -0.2) is 25.6 Å². The van der Waals surface area contributed by atoms with Crippen molar-refractivity contribution >= 4 is 23.2 Å². The van der Waals surface area contributed by atoms with E-state index in [-0.39, 0.29) is 0 Å². The lowest BCUT2D eigenvalue weighted by atomic mass is 9.96. The topological polar surface area (TPSA) is 55.1 Å². The second-order valence-electron chi connectivity index (χ2n) is 5.53. The van der Waals surface area contributed by atoms with Crippen molar-refractivity contribution in [1.82, 2.24) is 19.6 Å². The molecule has 1 fully saturated rings. The lowest BCUT2D eigenvalue weighted by molar-refractivity contribution is 0.470. The van der Waals surface area contributed by atoms with E-state index in [1.165, 1.54) is 51.3 Å². The lowest BCUT2D eigenvalue weighted by Gasteiger charge is -2.23. The third kappa shape index (κ3) is 2.73. The zero-order chi connectivity index (χ0) is 13.9. The molecule has 0 unspecified atom stereocenters. The summed E-state index contributed by atoms with van der Waals surface area (Å²) in [5, 5.41) is 8.37. The number of nitrogens with zero attached hydrogens (tertiary/aromatic N) is 4. The molecule has 0 amide bonds. The van der Waals surface area contributed by atoms with E-state index in [9.17, 15) is 0 Å². The van der Waals surface area contributed by atoms with Crippen molar-refractivity contribution in [2.24, 2.45) is 0 Å². The number of halogens is 1. The highest BCUT2D eigenvalue weighted by atomic mass is 35.5. The van der Waals surface area contributed by atoms with Crippen molar-refractivity contribution < 1.29 is 0 Å². The molecule has 0 bridgehead atoms. The van der Waals surface area contributed by atoms with Crippen LogP contribution in [0.3, 0.4) is 0 Å². The maximum atomic E-state index is 6.19. The van der Waals surface area contributed by atoms with Gasteiger partial charge in [0.2, 0.25) is 0 Å². The van der Waals surface area contributed by atoms with Crippen molar-refractivity contribution in [1.29, 1.82) is 0 Å². The van der Waals surface area contributed by atoms with Gasteiger partial charge in [-0.05, 0) is 19.8 Å². The molecule has 0 aliphatic heterocycles. The molecule has 2 aromatic heterocycles. The van der Waals surface area contributed by atoms with E-state index in [2.05, 4.69) is 20.4 Å². The SMILES string of the molecule is Cc1c(Cl)nc2ncnn2c1NC1CCCCCCC1. The van der Waals surface area contributed by atoms with Gasteiger partial charge >= 0.3 is 0 Å². The van der Waals surface area contributed by atoms with E-state index in [0.717, 1.165) is 11.4 Å². The first-order chi connectivity index (χ1) is 9.75. The third-order valence-corrected chi connectivity index (χ3v) is 4.42. The van der Waals surface area contributed by atoms with Gasteiger partial charge in [0.15, 0.2) is 0 Å². The van der Waals surface area contributed by atoms with E-state index in [0.29, 0.717) is 17.0 Å². The highest BCUT2D eigenvalue weighted by molar-refractivity contribution is 6.30. The van der Waals surface area contributed by atoms with E-state index in [1.807, 2.05) is 6.92 Å². The lowest BCUT2D eigenvalue weighted by Crippen LogP contribution is -2.23. The van der Waals surface area contributed by atoms with Gasteiger partial charge in [0, 0.05) is 11.6 Å². The minimum atomic E-state index is 0.486. The second kappa shape index (κ2) is 5.95. The number of hydrogen-bond donors (Lipinski definition) is 1. The molecular formula is C14H20ClN5. The van der Waals surface area contributed by atoms with Crippen molar-refractivity contribution in [3.63, 3.8) is 0 Å². The smallest absolute Gasteiger partial charge is 0.255 e. The van der Waals surface area contributed by atoms with E-state index in [4.69, 9.17) is 11.6 Å². The maximum absolute atomic E-state index is 6.19. The van der Waals surface area contributed by atoms with E-state index < -0.39 is 0 Å². The Balaban J connectivity index is 1.88. The standard InChI is InChI=1S/C14H20ClN5/c1-10-12(15)19-14-16-9-17-20(14)13(10)18-11-7-5-3-2-4-6-8-11/h9,11,18H,2-8H2,1H3. The predicted molar refractivity (Wildman–Crippen MR) is 80.3 cm³/mol. The first-order valence-corrected chi connectivity index (χ1v) is 7.76. The van der Waals surface area contributed by atoms with Gasteiger partial charge in [-0.15, -0.1) is 0 Å². The van der Waals surface area contributed by atoms with Gasteiger partial charge < -0.3 is 5.32 Å². The Kier molecular flexibility index (Phi) is 4.05. The number of aromatic nitrogens is 4. The number of nitrogens with one attached hydrogen (secondary N) is 1. The molecule has 3 rings (SSSR count). The molecule has 1 saturated carbocycles. The molecule has 1 aliphatic rings. The molecule has 0 saturated heterocycles. The monoisotopic (exact) mass is 293 g/mol. The molecule has 5 nitrogen and oxygen atoms in total. The van der Waals surface area contributed by atoms with Crippen molar-refractivity contribution in [3.05, 3.63) is 17.0 Å². The number of hydrogen-bond acceptors (Lipinski definition) is 4. The molecule has 0 radical (unpaired) electrons. The quantitative estimate of drug-likeness (QED) is 0.859. The number of rotatable bonds is 2. The van der Waals surface area contributed by atoms with Crippen LogP contribution in [-0.2, 0) is 0 Å². The second-order valence-corrected chi connectivity index (χ2v) is 5.89. The van der Waals surface area contributed by atoms with Gasteiger partial charge in [-0.1, -0.05) is 43.7 Å². The summed E-state index contributed by atoms with van der Waals surface area (Å²) in [4.78, 5) is 8.36. The molecule has 0 spiro atoms. The predicted octanol–water partition coefficient (Wildman–Crippen LogP) is 3.61. The van der Waals surface area contributed by atoms with Crippen molar-refractivity contribution in [2.75, 3.05) is 5.32 Å². The van der Waals surface area contributed by atoms with Crippen LogP contribution in [0.1, 0.15) is 50.5 Å². The van der Waals surface area contributed by atoms with Crippen LogP contribution in [0.25, 0.3) is 5.78 Å². The van der Waals surface area contributed by atoms with Crippen LogP contribution in [0.15, 0.2) is 6.33 Å². The van der Waals surface area contributed by atoms with Gasteiger partial charge in [0.1, 0.15) is 17.3 Å². The fraction of sp³-hybridized carbons (Fsp3) is 0.643. The fourth-order valence-electron chi connectivity index (χ4n) is 2.86. The summed E-state index contributed by atoms with van der Waals surface area (Å²) in [6, 6.07) is 0.486. The van der Waals surface area contributed by atoms with Crippen LogP contribution in [0.4, 0.5) is 5.82 Å². The highest BCUT2D eigenvalue weighted by Gasteiger charge is 2.17.